The SMILES string of the molecule is Cc1nc2cc(N[C@@H](C)C(=O)Nc3ccc([N+](=O)[O-])cc3C(F)(F)F)ccc2o1. The molecular weight excluding hydrogens is 393 g/mol. The predicted octanol–water partition coefficient (Wildman–Crippen LogP) is 4.50. The van der Waals surface area contributed by atoms with Gasteiger partial charge in [0.1, 0.15) is 11.6 Å². The van der Waals surface area contributed by atoms with Gasteiger partial charge in [0, 0.05) is 24.7 Å². The summed E-state index contributed by atoms with van der Waals surface area (Å²) in [6.45, 7) is 3.15. The van der Waals surface area contributed by atoms with Crippen molar-refractivity contribution in [1.29, 1.82) is 0 Å². The maximum Gasteiger partial charge on any atom is 0.418 e. The van der Waals surface area contributed by atoms with Gasteiger partial charge in [-0.05, 0) is 31.2 Å². The number of non-ortho nitro benzene ring substituents is 1. The molecule has 2 N–H and O–H groups in total. The molecule has 0 unspecified atom stereocenters. The molecule has 1 atom stereocenters. The minimum atomic E-state index is -4.87. The fourth-order valence-electron chi connectivity index (χ4n) is 2.68. The van der Waals surface area contributed by atoms with Crippen LogP contribution in [0.5, 0.6) is 0 Å². The molecule has 152 valence electrons. The number of fused-ring (bicyclic) bond motifs is 1. The summed E-state index contributed by atoms with van der Waals surface area (Å²) in [5.41, 5.74) is -0.942. The lowest BCUT2D eigenvalue weighted by Crippen LogP contribution is -2.32. The Labute approximate surface area is 161 Å². The monoisotopic (exact) mass is 408 g/mol. The number of nitrogens with one attached hydrogen (secondary N) is 2. The van der Waals surface area contributed by atoms with Gasteiger partial charge in [-0.1, -0.05) is 0 Å². The number of aryl methyl sites for hydroxylation is 1. The van der Waals surface area contributed by atoms with Crippen LogP contribution in [0.25, 0.3) is 11.1 Å². The number of benzene rings is 2. The summed E-state index contributed by atoms with van der Waals surface area (Å²) in [6, 6.07) is 6.16. The van der Waals surface area contributed by atoms with E-state index in [4.69, 9.17) is 4.42 Å². The van der Waals surface area contributed by atoms with Crippen molar-refractivity contribution in [3.05, 3.63) is 58.0 Å². The molecule has 3 rings (SSSR count). The molecule has 0 bridgehead atoms. The molecule has 0 aliphatic rings. The van der Waals surface area contributed by atoms with E-state index in [2.05, 4.69) is 15.6 Å². The van der Waals surface area contributed by atoms with Crippen molar-refractivity contribution in [2.24, 2.45) is 0 Å². The second-order valence-electron chi connectivity index (χ2n) is 6.26. The lowest BCUT2D eigenvalue weighted by Gasteiger charge is -2.18. The van der Waals surface area contributed by atoms with Crippen molar-refractivity contribution in [3.63, 3.8) is 0 Å². The number of carbonyl (C=O) groups is 1. The average molecular weight is 408 g/mol. The Morgan fingerprint density at radius 2 is 1.97 bits per heavy atom. The third-order valence-corrected chi connectivity index (χ3v) is 4.05. The number of nitro groups is 1. The van der Waals surface area contributed by atoms with Crippen molar-refractivity contribution in [2.45, 2.75) is 26.1 Å². The molecule has 0 aliphatic carbocycles. The Morgan fingerprint density at radius 1 is 1.24 bits per heavy atom. The minimum Gasteiger partial charge on any atom is -0.441 e. The van der Waals surface area contributed by atoms with Gasteiger partial charge in [-0.2, -0.15) is 13.2 Å². The van der Waals surface area contributed by atoms with Gasteiger partial charge in [-0.15, -0.1) is 0 Å². The summed E-state index contributed by atoms with van der Waals surface area (Å²) in [7, 11) is 0. The van der Waals surface area contributed by atoms with Gasteiger partial charge < -0.3 is 15.1 Å². The normalized spacial score (nSPS) is 12.6. The number of nitrogens with zero attached hydrogens (tertiary/aromatic N) is 2. The molecule has 8 nitrogen and oxygen atoms in total. The molecule has 11 heteroatoms. The third-order valence-electron chi connectivity index (χ3n) is 4.05. The van der Waals surface area contributed by atoms with Gasteiger partial charge in [0.05, 0.1) is 16.2 Å². The third kappa shape index (κ3) is 4.45. The highest BCUT2D eigenvalue weighted by molar-refractivity contribution is 5.97. The lowest BCUT2D eigenvalue weighted by atomic mass is 10.1. The van der Waals surface area contributed by atoms with Crippen LogP contribution in [0.4, 0.5) is 30.2 Å². The Kier molecular flexibility index (Phi) is 5.14. The minimum absolute atomic E-state index is 0.383. The number of oxazole rings is 1. The molecule has 0 radical (unpaired) electrons. The fourth-order valence-corrected chi connectivity index (χ4v) is 2.68. The molecule has 3 aromatic rings. The summed E-state index contributed by atoms with van der Waals surface area (Å²) in [5, 5.41) is 15.8. The quantitative estimate of drug-likeness (QED) is 0.475. The summed E-state index contributed by atoms with van der Waals surface area (Å²) < 4.78 is 45.1. The van der Waals surface area contributed by atoms with Crippen LogP contribution in [0.15, 0.2) is 40.8 Å². The van der Waals surface area contributed by atoms with Crippen LogP contribution in [0.2, 0.25) is 0 Å². The molecule has 0 fully saturated rings. The zero-order valence-electron chi connectivity index (χ0n) is 15.2. The molecule has 1 aromatic heterocycles. The predicted molar refractivity (Wildman–Crippen MR) is 98.6 cm³/mol. The van der Waals surface area contributed by atoms with E-state index >= 15 is 0 Å². The van der Waals surface area contributed by atoms with Crippen LogP contribution in [0.3, 0.4) is 0 Å². The Bertz CT molecular complexity index is 1090. The smallest absolute Gasteiger partial charge is 0.418 e. The van der Waals surface area contributed by atoms with Crippen LogP contribution in [-0.2, 0) is 11.0 Å². The first kappa shape index (κ1) is 20.1. The number of halogens is 3. The molecule has 0 saturated heterocycles. The van der Waals surface area contributed by atoms with Gasteiger partial charge in [-0.25, -0.2) is 4.98 Å². The molecule has 0 aliphatic heterocycles. The van der Waals surface area contributed by atoms with Crippen LogP contribution in [0.1, 0.15) is 18.4 Å². The van der Waals surface area contributed by atoms with E-state index in [1.54, 1.807) is 25.1 Å². The van der Waals surface area contributed by atoms with E-state index < -0.39 is 40.0 Å². The van der Waals surface area contributed by atoms with Crippen LogP contribution >= 0.6 is 0 Å². The van der Waals surface area contributed by atoms with Gasteiger partial charge in [-0.3, -0.25) is 14.9 Å². The maximum atomic E-state index is 13.2. The number of alkyl halides is 3. The van der Waals surface area contributed by atoms with Crippen molar-refractivity contribution in [1.82, 2.24) is 4.98 Å². The van der Waals surface area contributed by atoms with Gasteiger partial charge in [0.15, 0.2) is 11.5 Å². The first-order chi connectivity index (χ1) is 13.5. The van der Waals surface area contributed by atoms with E-state index in [1.807, 2.05) is 0 Å². The van der Waals surface area contributed by atoms with Crippen LogP contribution in [-0.4, -0.2) is 21.9 Å². The highest BCUT2D eigenvalue weighted by Gasteiger charge is 2.36. The highest BCUT2D eigenvalue weighted by Crippen LogP contribution is 2.37. The number of anilines is 2. The highest BCUT2D eigenvalue weighted by atomic mass is 19.4. The molecule has 1 amide bonds. The van der Waals surface area contributed by atoms with Crippen LogP contribution in [0, 0.1) is 17.0 Å². The van der Waals surface area contributed by atoms with E-state index in [1.165, 1.54) is 6.92 Å². The number of rotatable bonds is 5. The number of hydrogen-bond donors (Lipinski definition) is 2. The first-order valence-corrected chi connectivity index (χ1v) is 8.35. The Balaban J connectivity index is 1.78. The van der Waals surface area contributed by atoms with Gasteiger partial charge in [0.2, 0.25) is 5.91 Å². The number of hydrogen-bond acceptors (Lipinski definition) is 6. The second kappa shape index (κ2) is 7.41. The van der Waals surface area contributed by atoms with Gasteiger partial charge in [0.25, 0.3) is 5.69 Å². The zero-order chi connectivity index (χ0) is 21.3. The summed E-state index contributed by atoms with van der Waals surface area (Å²) >= 11 is 0. The largest absolute Gasteiger partial charge is 0.441 e. The van der Waals surface area contributed by atoms with E-state index in [0.29, 0.717) is 28.7 Å². The van der Waals surface area contributed by atoms with Crippen molar-refractivity contribution in [3.8, 4) is 0 Å². The molecular formula is C18H15F3N4O4. The van der Waals surface area contributed by atoms with E-state index in [-0.39, 0.29) is 0 Å². The number of aromatic nitrogens is 1. The van der Waals surface area contributed by atoms with Crippen molar-refractivity contribution in [2.75, 3.05) is 10.6 Å². The molecule has 29 heavy (non-hydrogen) atoms. The topological polar surface area (TPSA) is 110 Å². The Hall–Kier alpha value is -3.63. The standard InChI is InChI=1S/C18H15F3N4O4/c1-9(22-11-3-6-16-15(7-11)23-10(2)29-16)17(26)24-14-5-4-12(25(27)28)8-13(14)18(19,20)21/h3-9,22H,1-2H3,(H,24,26)/t9-/m0/s1. The number of nitro benzene ring substituents is 1. The molecule has 2 aromatic carbocycles. The fraction of sp³-hybridized carbons (Fsp3) is 0.222. The number of carbonyl (C=O) groups excluding carboxylic acids is 1. The summed E-state index contributed by atoms with van der Waals surface area (Å²) in [5.74, 6) is -0.276. The van der Waals surface area contributed by atoms with Gasteiger partial charge >= 0.3 is 6.18 Å². The average Bonchev–Trinajstić information content (AvgIpc) is 3.00. The first-order valence-electron chi connectivity index (χ1n) is 8.35. The summed E-state index contributed by atoms with van der Waals surface area (Å²) in [4.78, 5) is 26.4. The maximum absolute atomic E-state index is 13.2. The van der Waals surface area contributed by atoms with Crippen molar-refractivity contribution < 1.29 is 27.3 Å². The number of amides is 1. The zero-order valence-corrected chi connectivity index (χ0v) is 15.2. The summed E-state index contributed by atoms with van der Waals surface area (Å²) in [6.07, 6.45) is -4.87. The van der Waals surface area contributed by atoms with E-state index in [9.17, 15) is 28.1 Å². The van der Waals surface area contributed by atoms with Crippen molar-refractivity contribution >= 4 is 34.1 Å². The second-order valence-corrected chi connectivity index (χ2v) is 6.26. The Morgan fingerprint density at radius 3 is 2.62 bits per heavy atom. The van der Waals surface area contributed by atoms with Crippen LogP contribution < -0.4 is 10.6 Å². The molecule has 1 heterocycles. The molecule has 0 spiro atoms. The van der Waals surface area contributed by atoms with E-state index in [0.717, 1.165) is 12.1 Å². The molecule has 0 saturated carbocycles. The lowest BCUT2D eigenvalue weighted by molar-refractivity contribution is -0.385.